The predicted octanol–water partition coefficient (Wildman–Crippen LogP) is 2.04. The van der Waals surface area contributed by atoms with Crippen LogP contribution in [0, 0.1) is 5.82 Å². The van der Waals surface area contributed by atoms with E-state index >= 15 is 0 Å². The largest absolute Gasteiger partial charge is 0.365 e. The summed E-state index contributed by atoms with van der Waals surface area (Å²) in [7, 11) is 1.70. The Kier molecular flexibility index (Phi) is 4.28. The fourth-order valence-corrected chi connectivity index (χ4v) is 1.73. The summed E-state index contributed by atoms with van der Waals surface area (Å²) in [5.41, 5.74) is 0.760. The highest BCUT2D eigenvalue weighted by Gasteiger charge is 2.06. The topological polar surface area (TPSA) is 54.8 Å². The summed E-state index contributed by atoms with van der Waals surface area (Å²) in [6.07, 6.45) is 1.54. The van der Waals surface area contributed by atoms with Gasteiger partial charge in [0.25, 0.3) is 0 Å². The second-order valence-electron chi connectivity index (χ2n) is 3.71. The van der Waals surface area contributed by atoms with E-state index in [0.717, 1.165) is 5.56 Å². The van der Waals surface area contributed by atoms with Gasteiger partial charge in [-0.1, -0.05) is 17.7 Å². The van der Waals surface area contributed by atoms with Crippen LogP contribution < -0.4 is 10.6 Å². The van der Waals surface area contributed by atoms with E-state index in [0.29, 0.717) is 22.6 Å². The predicted molar refractivity (Wildman–Crippen MR) is 75.8 cm³/mol. The lowest BCUT2D eigenvalue weighted by atomic mass is 10.2. The molecule has 0 unspecified atom stereocenters. The lowest BCUT2D eigenvalue weighted by Crippen LogP contribution is -2.24. The molecule has 0 bridgehead atoms. The van der Waals surface area contributed by atoms with Gasteiger partial charge in [0.1, 0.15) is 12.1 Å². The zero-order valence-electron chi connectivity index (χ0n) is 10.0. The average Bonchev–Trinajstić information content (AvgIpc) is 2.80. The normalized spacial score (nSPS) is 10.3. The number of thiocarbonyl (C=S) groups is 1. The van der Waals surface area contributed by atoms with Gasteiger partial charge >= 0.3 is 0 Å². The smallest absolute Gasteiger partial charge is 0.248 e. The minimum Gasteiger partial charge on any atom is -0.365 e. The fourth-order valence-electron chi connectivity index (χ4n) is 1.42. The summed E-state index contributed by atoms with van der Waals surface area (Å²) in [6, 6.07) is 4.24. The summed E-state index contributed by atoms with van der Waals surface area (Å²) in [6.45, 7) is 0.403. The van der Waals surface area contributed by atoms with Crippen molar-refractivity contribution in [2.45, 2.75) is 6.54 Å². The lowest BCUT2D eigenvalue weighted by Gasteiger charge is -2.04. The molecule has 0 atom stereocenters. The Morgan fingerprint density at radius 1 is 1.53 bits per heavy atom. The molecule has 2 rings (SSSR count). The highest BCUT2D eigenvalue weighted by Crippen LogP contribution is 2.18. The third kappa shape index (κ3) is 3.62. The van der Waals surface area contributed by atoms with E-state index in [2.05, 4.69) is 20.7 Å². The second-order valence-corrected chi connectivity index (χ2v) is 4.52. The molecule has 100 valence electrons. The summed E-state index contributed by atoms with van der Waals surface area (Å²) >= 11 is 10.9. The maximum Gasteiger partial charge on any atom is 0.248 e. The van der Waals surface area contributed by atoms with Gasteiger partial charge in [0.15, 0.2) is 5.11 Å². The van der Waals surface area contributed by atoms with Crippen molar-refractivity contribution in [2.75, 3.05) is 12.4 Å². The van der Waals surface area contributed by atoms with Crippen LogP contribution in [0.15, 0.2) is 24.5 Å². The molecule has 19 heavy (non-hydrogen) atoms. The number of nitrogens with one attached hydrogen (secondary N) is 2. The van der Waals surface area contributed by atoms with E-state index in [4.69, 9.17) is 23.8 Å². The Bertz CT molecular complexity index is 601. The maximum atomic E-state index is 12.9. The molecule has 2 aromatic rings. The molecule has 0 radical (unpaired) electrons. The molecule has 0 spiro atoms. The highest BCUT2D eigenvalue weighted by atomic mass is 35.5. The molecule has 0 aliphatic carbocycles. The Morgan fingerprint density at radius 2 is 2.32 bits per heavy atom. The summed E-state index contributed by atoms with van der Waals surface area (Å²) in [5, 5.41) is 10.5. The second kappa shape index (κ2) is 5.94. The molecule has 1 aromatic carbocycles. The first-order chi connectivity index (χ1) is 9.08. The lowest BCUT2D eigenvalue weighted by molar-refractivity contribution is 0.624. The van der Waals surface area contributed by atoms with Gasteiger partial charge < -0.3 is 5.32 Å². The van der Waals surface area contributed by atoms with Crippen molar-refractivity contribution in [2.24, 2.45) is 0 Å². The van der Waals surface area contributed by atoms with Gasteiger partial charge in [0.2, 0.25) is 5.95 Å². The molecule has 5 nitrogen and oxygen atoms in total. The van der Waals surface area contributed by atoms with Crippen molar-refractivity contribution in [3.05, 3.63) is 40.9 Å². The van der Waals surface area contributed by atoms with Crippen LogP contribution in [0.3, 0.4) is 0 Å². The molecular weight excluding hydrogens is 289 g/mol. The fraction of sp³-hybridized carbons (Fsp3) is 0.182. The molecule has 0 saturated carbocycles. The Balaban J connectivity index is 2.09. The van der Waals surface area contributed by atoms with Crippen molar-refractivity contribution in [1.29, 1.82) is 0 Å². The van der Waals surface area contributed by atoms with Crippen molar-refractivity contribution in [1.82, 2.24) is 20.1 Å². The number of benzene rings is 1. The number of anilines is 1. The minimum atomic E-state index is -0.367. The summed E-state index contributed by atoms with van der Waals surface area (Å²) in [4.78, 5) is 4.04. The SMILES string of the molecule is CNC(=S)Nc1ncn(Cc2ccc(F)cc2Cl)n1. The molecule has 0 saturated heterocycles. The first kappa shape index (κ1) is 13.7. The highest BCUT2D eigenvalue weighted by molar-refractivity contribution is 7.80. The van der Waals surface area contributed by atoms with E-state index in [1.165, 1.54) is 12.1 Å². The zero-order valence-corrected chi connectivity index (χ0v) is 11.6. The van der Waals surface area contributed by atoms with Crippen LogP contribution in [-0.4, -0.2) is 26.9 Å². The average molecular weight is 300 g/mol. The van der Waals surface area contributed by atoms with Crippen LogP contribution in [0.4, 0.5) is 10.3 Å². The quantitative estimate of drug-likeness (QED) is 0.850. The van der Waals surface area contributed by atoms with Gasteiger partial charge in [-0.3, -0.25) is 5.32 Å². The van der Waals surface area contributed by atoms with Crippen molar-refractivity contribution < 1.29 is 4.39 Å². The van der Waals surface area contributed by atoms with E-state index < -0.39 is 0 Å². The third-order valence-electron chi connectivity index (χ3n) is 2.34. The van der Waals surface area contributed by atoms with E-state index in [1.807, 2.05) is 0 Å². The Hall–Kier alpha value is -1.73. The molecule has 0 amide bonds. The first-order valence-electron chi connectivity index (χ1n) is 5.40. The summed E-state index contributed by atoms with van der Waals surface area (Å²) in [5.74, 6) is 0.0200. The standard InChI is InChI=1S/C11H11ClFN5S/c1-14-11(19)16-10-15-6-18(17-10)5-7-2-3-8(13)4-9(7)12/h2-4,6H,5H2,1H3,(H2,14,16,17,19). The van der Waals surface area contributed by atoms with Gasteiger partial charge in [-0.15, -0.1) is 5.10 Å². The van der Waals surface area contributed by atoms with Crippen LogP contribution >= 0.6 is 23.8 Å². The van der Waals surface area contributed by atoms with E-state index in [1.54, 1.807) is 24.1 Å². The van der Waals surface area contributed by atoms with E-state index in [9.17, 15) is 4.39 Å². The molecule has 1 heterocycles. The van der Waals surface area contributed by atoms with E-state index in [-0.39, 0.29) is 5.82 Å². The molecule has 0 fully saturated rings. The monoisotopic (exact) mass is 299 g/mol. The molecule has 0 aliphatic heterocycles. The Labute approximate surface area is 119 Å². The van der Waals surface area contributed by atoms with Crippen LogP contribution in [0.1, 0.15) is 5.56 Å². The number of rotatable bonds is 3. The molecular formula is C11H11ClFN5S. The van der Waals surface area contributed by atoms with Crippen LogP contribution in [-0.2, 0) is 6.54 Å². The van der Waals surface area contributed by atoms with Gasteiger partial charge in [-0.05, 0) is 29.9 Å². The number of halogens is 2. The molecule has 2 N–H and O–H groups in total. The van der Waals surface area contributed by atoms with Gasteiger partial charge in [-0.2, -0.15) is 0 Å². The van der Waals surface area contributed by atoms with Gasteiger partial charge in [0.05, 0.1) is 6.54 Å². The van der Waals surface area contributed by atoms with Crippen LogP contribution in [0.2, 0.25) is 5.02 Å². The summed E-state index contributed by atoms with van der Waals surface area (Å²) < 4.78 is 14.5. The maximum absolute atomic E-state index is 12.9. The molecule has 1 aromatic heterocycles. The number of nitrogens with zero attached hydrogens (tertiary/aromatic N) is 3. The van der Waals surface area contributed by atoms with Crippen molar-refractivity contribution in [3.63, 3.8) is 0 Å². The number of aromatic nitrogens is 3. The first-order valence-corrected chi connectivity index (χ1v) is 6.19. The minimum absolute atomic E-state index is 0.357. The number of hydrogen-bond donors (Lipinski definition) is 2. The van der Waals surface area contributed by atoms with Gasteiger partial charge in [0, 0.05) is 12.1 Å². The zero-order chi connectivity index (χ0) is 13.8. The van der Waals surface area contributed by atoms with Crippen molar-refractivity contribution >= 4 is 34.9 Å². The van der Waals surface area contributed by atoms with Crippen molar-refractivity contribution in [3.8, 4) is 0 Å². The van der Waals surface area contributed by atoms with Gasteiger partial charge in [-0.25, -0.2) is 14.1 Å². The molecule has 8 heteroatoms. The molecule has 0 aliphatic rings. The van der Waals surface area contributed by atoms with Crippen LogP contribution in [0.5, 0.6) is 0 Å². The number of hydrogen-bond acceptors (Lipinski definition) is 3. The van der Waals surface area contributed by atoms with Crippen LogP contribution in [0.25, 0.3) is 0 Å². The third-order valence-corrected chi connectivity index (χ3v) is 2.99. The Morgan fingerprint density at radius 3 is 3.00 bits per heavy atom.